The number of urea groups is 1. The van der Waals surface area contributed by atoms with E-state index in [-0.39, 0.29) is 6.03 Å². The Kier molecular flexibility index (Phi) is 5.32. The van der Waals surface area contributed by atoms with Crippen LogP contribution in [0.5, 0.6) is 0 Å². The van der Waals surface area contributed by atoms with E-state index in [1.54, 1.807) is 0 Å². The van der Waals surface area contributed by atoms with Crippen LogP contribution in [0.4, 0.5) is 4.79 Å². The Morgan fingerprint density at radius 2 is 1.29 bits per heavy atom. The fourth-order valence-corrected chi connectivity index (χ4v) is 3.39. The number of likely N-dealkylation sites (tertiary alicyclic amines) is 1. The molecule has 3 heterocycles. The zero-order chi connectivity index (χ0) is 14.5. The van der Waals surface area contributed by atoms with Crippen LogP contribution in [0, 0.1) is 0 Å². The van der Waals surface area contributed by atoms with E-state index < -0.39 is 0 Å². The van der Waals surface area contributed by atoms with E-state index >= 15 is 0 Å². The number of nitrogens with zero attached hydrogens (tertiary/aromatic N) is 2. The van der Waals surface area contributed by atoms with Gasteiger partial charge < -0.3 is 24.6 Å². The van der Waals surface area contributed by atoms with Gasteiger partial charge in [0.25, 0.3) is 0 Å². The number of hydrogen-bond donors (Lipinski definition) is 1. The summed E-state index contributed by atoms with van der Waals surface area (Å²) in [5, 5.41) is 3.75. The molecule has 21 heavy (non-hydrogen) atoms. The topological polar surface area (TPSA) is 54.0 Å². The van der Waals surface area contributed by atoms with Gasteiger partial charge in [0.2, 0.25) is 0 Å². The van der Waals surface area contributed by atoms with E-state index in [2.05, 4.69) is 5.32 Å². The molecule has 0 aliphatic carbocycles. The van der Waals surface area contributed by atoms with Gasteiger partial charge in [-0.25, -0.2) is 4.79 Å². The van der Waals surface area contributed by atoms with Crippen molar-refractivity contribution in [2.24, 2.45) is 0 Å². The van der Waals surface area contributed by atoms with Gasteiger partial charge in [-0.15, -0.1) is 0 Å². The van der Waals surface area contributed by atoms with Crippen LogP contribution in [0.3, 0.4) is 0 Å². The van der Waals surface area contributed by atoms with Crippen LogP contribution in [-0.4, -0.2) is 80.5 Å². The number of hydrogen-bond acceptors (Lipinski definition) is 4. The molecule has 3 saturated heterocycles. The first-order chi connectivity index (χ1) is 10.3. The predicted molar refractivity (Wildman–Crippen MR) is 79.4 cm³/mol. The molecule has 1 N–H and O–H groups in total. The van der Waals surface area contributed by atoms with Gasteiger partial charge in [0.05, 0.1) is 13.2 Å². The number of amides is 2. The number of carbonyl (C=O) groups excluding carboxylic acids is 1. The van der Waals surface area contributed by atoms with Gasteiger partial charge >= 0.3 is 6.03 Å². The Balaban J connectivity index is 1.40. The highest BCUT2D eigenvalue weighted by atomic mass is 16.5. The maximum absolute atomic E-state index is 12.4. The van der Waals surface area contributed by atoms with Crippen molar-refractivity contribution >= 4 is 6.03 Å². The minimum Gasteiger partial charge on any atom is -0.381 e. The van der Waals surface area contributed by atoms with Gasteiger partial charge in [-0.05, 0) is 25.7 Å². The summed E-state index contributed by atoms with van der Waals surface area (Å²) in [6, 6.07) is 1.36. The fourth-order valence-electron chi connectivity index (χ4n) is 3.39. The van der Waals surface area contributed by atoms with Gasteiger partial charge in [0.15, 0.2) is 0 Å². The minimum atomic E-state index is 0.197. The third-order valence-corrected chi connectivity index (χ3v) is 4.74. The van der Waals surface area contributed by atoms with Crippen molar-refractivity contribution in [3.63, 3.8) is 0 Å². The van der Waals surface area contributed by atoms with Crippen LogP contribution in [0.2, 0.25) is 0 Å². The molecule has 0 spiro atoms. The van der Waals surface area contributed by atoms with Crippen LogP contribution < -0.4 is 5.32 Å². The largest absolute Gasteiger partial charge is 0.381 e. The van der Waals surface area contributed by atoms with Gasteiger partial charge in [-0.1, -0.05) is 0 Å². The first kappa shape index (κ1) is 15.1. The molecule has 0 radical (unpaired) electrons. The summed E-state index contributed by atoms with van der Waals surface area (Å²) in [4.78, 5) is 16.3. The molecular formula is C15H27N3O3. The second kappa shape index (κ2) is 7.42. The van der Waals surface area contributed by atoms with Crippen LogP contribution in [0.1, 0.15) is 25.7 Å². The van der Waals surface area contributed by atoms with Gasteiger partial charge in [-0.2, -0.15) is 0 Å². The number of ether oxygens (including phenoxy) is 2. The quantitative estimate of drug-likeness (QED) is 0.814. The molecule has 0 atom stereocenters. The Labute approximate surface area is 126 Å². The SMILES string of the molecule is O=C(N1CCOCC1)N1CCC(NC2CCOCC2)CC1. The van der Waals surface area contributed by atoms with Crippen molar-refractivity contribution < 1.29 is 14.3 Å². The molecule has 3 aliphatic rings. The van der Waals surface area contributed by atoms with Crippen molar-refractivity contribution in [1.82, 2.24) is 15.1 Å². The summed E-state index contributed by atoms with van der Waals surface area (Å²) in [6.07, 6.45) is 4.36. The van der Waals surface area contributed by atoms with E-state index in [1.807, 2.05) is 9.80 Å². The second-order valence-corrected chi connectivity index (χ2v) is 6.20. The summed E-state index contributed by atoms with van der Waals surface area (Å²) < 4.78 is 10.7. The molecule has 6 nitrogen and oxygen atoms in total. The normalized spacial score (nSPS) is 26.1. The van der Waals surface area contributed by atoms with E-state index in [0.29, 0.717) is 25.3 Å². The van der Waals surface area contributed by atoms with Gasteiger partial charge in [-0.3, -0.25) is 0 Å². The molecule has 3 aliphatic heterocycles. The second-order valence-electron chi connectivity index (χ2n) is 6.20. The standard InChI is InChI=1S/C15H27N3O3/c19-15(18-7-11-21-12-8-18)17-5-1-13(2-6-17)16-14-3-9-20-10-4-14/h13-14,16H,1-12H2. The summed E-state index contributed by atoms with van der Waals surface area (Å²) in [6.45, 7) is 6.32. The maximum atomic E-state index is 12.4. The lowest BCUT2D eigenvalue weighted by molar-refractivity contribution is 0.0397. The van der Waals surface area contributed by atoms with Gasteiger partial charge in [0, 0.05) is 51.5 Å². The highest BCUT2D eigenvalue weighted by molar-refractivity contribution is 5.74. The first-order valence-corrected chi connectivity index (χ1v) is 8.28. The van der Waals surface area contributed by atoms with Gasteiger partial charge in [0.1, 0.15) is 0 Å². The van der Waals surface area contributed by atoms with Crippen LogP contribution in [0.25, 0.3) is 0 Å². The highest BCUT2D eigenvalue weighted by Crippen LogP contribution is 2.16. The van der Waals surface area contributed by atoms with Crippen molar-refractivity contribution in [3.05, 3.63) is 0 Å². The molecule has 0 aromatic heterocycles. The smallest absolute Gasteiger partial charge is 0.320 e. The van der Waals surface area contributed by atoms with E-state index in [1.165, 1.54) is 0 Å². The molecule has 3 rings (SSSR count). The molecular weight excluding hydrogens is 270 g/mol. The predicted octanol–water partition coefficient (Wildman–Crippen LogP) is 0.672. The lowest BCUT2D eigenvalue weighted by atomic mass is 10.0. The third-order valence-electron chi connectivity index (χ3n) is 4.74. The molecule has 0 aromatic rings. The van der Waals surface area contributed by atoms with Crippen molar-refractivity contribution in [3.8, 4) is 0 Å². The summed E-state index contributed by atoms with van der Waals surface area (Å²) in [5.74, 6) is 0. The Morgan fingerprint density at radius 3 is 1.95 bits per heavy atom. The van der Waals surface area contributed by atoms with Crippen molar-refractivity contribution in [2.45, 2.75) is 37.8 Å². The number of rotatable bonds is 2. The zero-order valence-electron chi connectivity index (χ0n) is 12.8. The Bertz CT molecular complexity index is 333. The Hall–Kier alpha value is -0.850. The maximum Gasteiger partial charge on any atom is 0.320 e. The molecule has 0 bridgehead atoms. The fraction of sp³-hybridized carbons (Fsp3) is 0.933. The average molecular weight is 297 g/mol. The van der Waals surface area contributed by atoms with Crippen LogP contribution >= 0.6 is 0 Å². The number of piperidine rings is 1. The molecule has 3 fully saturated rings. The van der Waals surface area contributed by atoms with Crippen molar-refractivity contribution in [2.75, 3.05) is 52.6 Å². The van der Waals surface area contributed by atoms with Crippen LogP contribution in [-0.2, 0) is 9.47 Å². The first-order valence-electron chi connectivity index (χ1n) is 8.28. The molecule has 2 amide bonds. The highest BCUT2D eigenvalue weighted by Gasteiger charge is 2.28. The zero-order valence-corrected chi connectivity index (χ0v) is 12.8. The number of carbonyl (C=O) groups is 1. The third kappa shape index (κ3) is 4.08. The van der Waals surface area contributed by atoms with Crippen LogP contribution in [0.15, 0.2) is 0 Å². The lowest BCUT2D eigenvalue weighted by Gasteiger charge is -2.38. The Morgan fingerprint density at radius 1 is 0.762 bits per heavy atom. The van der Waals surface area contributed by atoms with E-state index in [0.717, 1.165) is 65.1 Å². The van der Waals surface area contributed by atoms with E-state index in [9.17, 15) is 4.79 Å². The molecule has 0 aromatic carbocycles. The monoisotopic (exact) mass is 297 g/mol. The molecule has 120 valence electrons. The summed E-state index contributed by atoms with van der Waals surface area (Å²) in [7, 11) is 0. The summed E-state index contributed by atoms with van der Waals surface area (Å²) >= 11 is 0. The molecule has 0 unspecified atom stereocenters. The van der Waals surface area contributed by atoms with Crippen molar-refractivity contribution in [1.29, 1.82) is 0 Å². The number of morpholine rings is 1. The minimum absolute atomic E-state index is 0.197. The number of nitrogens with one attached hydrogen (secondary N) is 1. The lowest BCUT2D eigenvalue weighted by Crippen LogP contribution is -2.53. The molecule has 6 heteroatoms. The summed E-state index contributed by atoms with van der Waals surface area (Å²) in [5.41, 5.74) is 0. The molecule has 0 saturated carbocycles. The average Bonchev–Trinajstić information content (AvgIpc) is 2.57. The van der Waals surface area contributed by atoms with E-state index in [4.69, 9.17) is 9.47 Å².